The first-order valence-electron chi connectivity index (χ1n) is 42.4. The molecule has 642 valence electrons. The Labute approximate surface area is 724 Å². The second-order valence-electron chi connectivity index (χ2n) is 32.2. The minimum atomic E-state index is -3.93. The van der Waals surface area contributed by atoms with E-state index in [0.717, 1.165) is 114 Å². The number of nitrogens with one attached hydrogen (secondary N) is 1. The zero-order valence-electron chi connectivity index (χ0n) is 70.0. The Morgan fingerprint density at radius 1 is 0.371 bits per heavy atom. The number of Topliss-reactive ketones (excluding diaryl/α,β-unsaturated/α-hetero) is 3. The molecule has 26 heteroatoms. The second-order valence-corrected chi connectivity index (χ2v) is 37.9. The molecule has 124 heavy (non-hydrogen) atoms. The molecule has 17 rings (SSSR count). The summed E-state index contributed by atoms with van der Waals surface area (Å²) in [5.41, 5.74) is 11.3. The minimum absolute atomic E-state index is 0.0244. The SMILES string of the molecule is COCCCN1C(=O)c2cccc3c(CC(=O)C4CCCCN4S(=O)(=O)c4ccc(-c5ccccc5)cc4)ccc1c23.COCCCN1C(=O)c2cccc3c(CC(=O)C4CCCCN4S(=O)(=O)c4ccc(NC(C)=O)cc4)ccc1c23.COCCCN1C(=O)c2cccc3c(CC(=O)C4CCCN(S(=O)(=O)c5ccc(-c6ccccc6)cc5)C4)ccc1c23. The number of amides is 4. The number of hydrogen-bond donors (Lipinski definition) is 1. The van der Waals surface area contributed by atoms with Gasteiger partial charge in [0.25, 0.3) is 17.7 Å². The van der Waals surface area contributed by atoms with Crippen LogP contribution in [0.3, 0.4) is 0 Å². The zero-order valence-corrected chi connectivity index (χ0v) is 72.5. The average Bonchev–Trinajstić information content (AvgIpc) is 1.67. The van der Waals surface area contributed by atoms with Crippen LogP contribution in [-0.4, -0.2) is 178 Å². The standard InChI is InChI=1S/2C34H34N2O5S.C30H33N3O6S/c1-41-21-7-20-36-31-18-15-26(29-11-5-12-30(33(29)31)34(36)38)22-32(37)27-10-6-19-35(23-27)42(39,40)28-16-13-25(14-17-28)24-8-3-2-4-9-24;1-41-22-8-20-35-31-19-16-26(28-11-7-12-29(33(28)31)34(35)38)23-32(37)30-13-5-6-21-36(30)42(39,40)27-17-14-25(15-18-27)24-9-3-2-4-10-24;1-20(34)31-22-11-13-23(14-12-22)40(37,38)33-17-4-3-9-26(33)28(35)19-21-10-15-27-29-24(21)7-5-8-25(29)30(36)32(27)16-6-18-39-2/h2-5,8-9,11-18,27H,6-7,10,19-23H2,1H3;2-4,7,9-12,14-19,30H,5-6,8,13,20-23H2,1H3;5,7-8,10-15,26H,3-4,6,9,16-19H2,1-2H3,(H,31,34). The number of nitrogens with zero attached hydrogens (tertiary/aromatic N) is 6. The molecule has 23 nitrogen and oxygen atoms in total. The summed E-state index contributed by atoms with van der Waals surface area (Å²) >= 11 is 0. The maximum absolute atomic E-state index is 13.8. The fourth-order valence-corrected chi connectivity index (χ4v) is 23.1. The molecule has 3 unspecified atom stereocenters. The molecule has 11 aromatic carbocycles. The summed E-state index contributed by atoms with van der Waals surface area (Å²) in [6.07, 6.45) is 7.71. The van der Waals surface area contributed by atoms with Crippen LogP contribution in [0.2, 0.25) is 0 Å². The van der Waals surface area contributed by atoms with E-state index in [1.165, 1.54) is 32.0 Å². The number of rotatable bonds is 30. The number of hydrogen-bond acceptors (Lipinski definition) is 16. The number of benzene rings is 11. The number of carbonyl (C=O) groups is 7. The van der Waals surface area contributed by atoms with Gasteiger partial charge in [0.1, 0.15) is 5.78 Å². The second kappa shape index (κ2) is 38.4. The Hall–Kier alpha value is -11.3. The summed E-state index contributed by atoms with van der Waals surface area (Å²) in [4.78, 5) is 97.8. The normalized spacial score (nSPS) is 17.3. The molecular weight excluding hydrogens is 1630 g/mol. The van der Waals surface area contributed by atoms with Crippen LogP contribution in [0.15, 0.2) is 239 Å². The lowest BCUT2D eigenvalue weighted by molar-refractivity contribution is -0.123. The fourth-order valence-electron chi connectivity index (χ4n) is 18.2. The summed E-state index contributed by atoms with van der Waals surface area (Å²) < 4.78 is 102. The van der Waals surface area contributed by atoms with Crippen molar-refractivity contribution in [2.24, 2.45) is 5.92 Å². The van der Waals surface area contributed by atoms with E-state index in [1.807, 2.05) is 176 Å². The van der Waals surface area contributed by atoms with Crippen molar-refractivity contribution < 1.29 is 73.0 Å². The van der Waals surface area contributed by atoms with Crippen molar-refractivity contribution >= 4 is 126 Å². The van der Waals surface area contributed by atoms with E-state index < -0.39 is 42.2 Å². The molecule has 11 aromatic rings. The Morgan fingerprint density at radius 3 is 1.10 bits per heavy atom. The van der Waals surface area contributed by atoms with Gasteiger partial charge in [0.05, 0.1) is 43.8 Å². The largest absolute Gasteiger partial charge is 0.385 e. The van der Waals surface area contributed by atoms with Crippen molar-refractivity contribution in [1.29, 1.82) is 0 Å². The lowest BCUT2D eigenvalue weighted by Gasteiger charge is -2.34. The molecular formula is C98H101N7O16S3. The summed E-state index contributed by atoms with van der Waals surface area (Å²) in [7, 11) is -6.60. The molecule has 0 spiro atoms. The van der Waals surface area contributed by atoms with Crippen LogP contribution in [0.4, 0.5) is 22.7 Å². The van der Waals surface area contributed by atoms with E-state index in [9.17, 15) is 58.8 Å². The highest BCUT2D eigenvalue weighted by atomic mass is 32.2. The van der Waals surface area contributed by atoms with Gasteiger partial charge in [-0.15, -0.1) is 0 Å². The predicted octanol–water partition coefficient (Wildman–Crippen LogP) is 15.7. The topological polar surface area (TPSA) is 281 Å². The van der Waals surface area contributed by atoms with Gasteiger partial charge in [0.2, 0.25) is 36.0 Å². The van der Waals surface area contributed by atoms with Crippen LogP contribution < -0.4 is 20.0 Å². The highest BCUT2D eigenvalue weighted by Gasteiger charge is 2.42. The first kappa shape index (κ1) is 87.6. The number of ether oxygens (including phenoxy) is 3. The summed E-state index contributed by atoms with van der Waals surface area (Å²) in [5.74, 6) is -1.03. The smallest absolute Gasteiger partial charge is 0.258 e. The third-order valence-corrected chi connectivity index (χ3v) is 30.1. The number of sulfonamides is 3. The quantitative estimate of drug-likeness (QED) is 0.0409. The molecule has 1 N–H and O–H groups in total. The van der Waals surface area contributed by atoms with Crippen molar-refractivity contribution in [3.05, 3.63) is 258 Å². The van der Waals surface area contributed by atoms with Crippen molar-refractivity contribution in [2.75, 3.05) is 107 Å². The van der Waals surface area contributed by atoms with Crippen molar-refractivity contribution in [3.8, 4) is 22.3 Å². The lowest BCUT2D eigenvalue weighted by Crippen LogP contribution is -2.48. The summed E-state index contributed by atoms with van der Waals surface area (Å²) in [6.45, 7) is 5.88. The van der Waals surface area contributed by atoms with Gasteiger partial charge < -0.3 is 34.2 Å². The molecule has 3 fully saturated rings. The van der Waals surface area contributed by atoms with Crippen LogP contribution >= 0.6 is 0 Å². The van der Waals surface area contributed by atoms with Crippen LogP contribution in [0.1, 0.15) is 125 Å². The molecule has 6 aliphatic heterocycles. The van der Waals surface area contributed by atoms with Crippen LogP contribution in [0.5, 0.6) is 0 Å². The fraction of sp³-hybridized carbons (Fsp3) is 0.316. The number of methoxy groups -OCH3 is 3. The van der Waals surface area contributed by atoms with Gasteiger partial charge in [0, 0.05) is 158 Å². The molecule has 6 heterocycles. The Kier molecular flexibility index (Phi) is 27.2. The van der Waals surface area contributed by atoms with Crippen LogP contribution in [0.25, 0.3) is 54.6 Å². The molecule has 3 saturated heterocycles. The maximum Gasteiger partial charge on any atom is 0.258 e. The average molecular weight is 1730 g/mol. The highest BCUT2D eigenvalue weighted by Crippen LogP contribution is 2.44. The van der Waals surface area contributed by atoms with Gasteiger partial charge in [-0.1, -0.05) is 152 Å². The Bertz CT molecular complexity index is 6240. The number of ketones is 3. The first-order valence-corrected chi connectivity index (χ1v) is 46.7. The van der Waals surface area contributed by atoms with Crippen LogP contribution in [-0.2, 0) is 82.7 Å². The molecule has 0 aromatic heterocycles. The monoisotopic (exact) mass is 1730 g/mol. The number of piperidine rings is 3. The zero-order chi connectivity index (χ0) is 87.0. The van der Waals surface area contributed by atoms with Gasteiger partial charge in [-0.3, -0.25) is 33.6 Å². The van der Waals surface area contributed by atoms with Gasteiger partial charge in [-0.25, -0.2) is 25.3 Å². The van der Waals surface area contributed by atoms with Crippen molar-refractivity contribution in [3.63, 3.8) is 0 Å². The van der Waals surface area contributed by atoms with E-state index in [2.05, 4.69) is 5.32 Å². The summed E-state index contributed by atoms with van der Waals surface area (Å²) in [6, 6.07) is 66.3. The third kappa shape index (κ3) is 18.2. The summed E-state index contributed by atoms with van der Waals surface area (Å²) in [5, 5.41) is 7.81. The molecule has 0 aliphatic carbocycles. The van der Waals surface area contributed by atoms with E-state index in [0.29, 0.717) is 120 Å². The van der Waals surface area contributed by atoms with Gasteiger partial charge in [-0.05, 0) is 198 Å². The van der Waals surface area contributed by atoms with Crippen LogP contribution in [0, 0.1) is 5.92 Å². The Morgan fingerprint density at radius 2 is 0.726 bits per heavy atom. The Balaban J connectivity index is 0.000000144. The third-order valence-electron chi connectivity index (χ3n) is 24.3. The van der Waals surface area contributed by atoms with Gasteiger partial charge in [0.15, 0.2) is 11.6 Å². The molecule has 0 radical (unpaired) electrons. The highest BCUT2D eigenvalue weighted by molar-refractivity contribution is 7.89. The van der Waals surface area contributed by atoms with E-state index in [4.69, 9.17) is 14.2 Å². The number of carbonyl (C=O) groups excluding carboxylic acids is 7. The molecule has 0 bridgehead atoms. The minimum Gasteiger partial charge on any atom is -0.385 e. The lowest BCUT2D eigenvalue weighted by atomic mass is 9.89. The molecule has 0 saturated carbocycles. The molecule has 3 atom stereocenters. The van der Waals surface area contributed by atoms with Gasteiger partial charge in [-0.2, -0.15) is 12.9 Å². The maximum atomic E-state index is 13.8. The van der Waals surface area contributed by atoms with E-state index in [1.54, 1.807) is 72.4 Å². The van der Waals surface area contributed by atoms with Crippen molar-refractivity contribution in [2.45, 2.75) is 124 Å². The van der Waals surface area contributed by atoms with E-state index in [-0.39, 0.29) is 93.9 Å². The molecule has 6 aliphatic rings. The number of anilines is 4. The van der Waals surface area contributed by atoms with Gasteiger partial charge >= 0.3 is 0 Å². The predicted molar refractivity (Wildman–Crippen MR) is 482 cm³/mol. The molecule has 4 amide bonds. The first-order chi connectivity index (χ1) is 60.0. The van der Waals surface area contributed by atoms with Crippen molar-refractivity contribution in [1.82, 2.24) is 12.9 Å². The van der Waals surface area contributed by atoms with E-state index >= 15 is 0 Å².